The zero-order chi connectivity index (χ0) is 10.1. The fourth-order valence-electron chi connectivity index (χ4n) is 1.46. The molecule has 1 rings (SSSR count). The molecular weight excluding hydrogens is 187 g/mol. The molecule has 3 nitrogen and oxygen atoms in total. The SMILES string of the molecule is O=C1CC(C(F)(F)F)C(CCO)N1. The molecule has 2 unspecified atom stereocenters. The number of rotatable bonds is 2. The highest BCUT2D eigenvalue weighted by molar-refractivity contribution is 5.79. The lowest BCUT2D eigenvalue weighted by Gasteiger charge is -2.20. The Bertz CT molecular complexity index is 204. The van der Waals surface area contributed by atoms with Crippen molar-refractivity contribution in [2.45, 2.75) is 25.1 Å². The number of carbonyl (C=O) groups excluding carboxylic acids is 1. The van der Waals surface area contributed by atoms with Crippen LogP contribution in [0.1, 0.15) is 12.8 Å². The number of carbonyl (C=O) groups is 1. The number of aliphatic hydroxyl groups excluding tert-OH is 1. The average molecular weight is 197 g/mol. The number of hydrogen-bond donors (Lipinski definition) is 2. The number of nitrogens with one attached hydrogen (secondary N) is 1. The Morgan fingerprint density at radius 2 is 2.15 bits per heavy atom. The number of amides is 1. The predicted octanol–water partition coefficient (Wildman–Crippen LogP) is 0.436. The van der Waals surface area contributed by atoms with Crippen molar-refractivity contribution < 1.29 is 23.1 Å². The molecule has 6 heteroatoms. The zero-order valence-electron chi connectivity index (χ0n) is 6.77. The molecule has 1 aliphatic heterocycles. The van der Waals surface area contributed by atoms with E-state index in [0.717, 1.165) is 0 Å². The van der Waals surface area contributed by atoms with Crippen molar-refractivity contribution in [1.29, 1.82) is 0 Å². The van der Waals surface area contributed by atoms with E-state index in [2.05, 4.69) is 5.32 Å². The summed E-state index contributed by atoms with van der Waals surface area (Å²) in [5.74, 6) is -2.24. The van der Waals surface area contributed by atoms with Crippen molar-refractivity contribution in [2.24, 2.45) is 5.92 Å². The maximum Gasteiger partial charge on any atom is 0.394 e. The molecule has 1 heterocycles. The van der Waals surface area contributed by atoms with Crippen LogP contribution in [0.2, 0.25) is 0 Å². The van der Waals surface area contributed by atoms with E-state index in [-0.39, 0.29) is 13.0 Å². The zero-order valence-corrected chi connectivity index (χ0v) is 6.77. The quantitative estimate of drug-likeness (QED) is 0.674. The Balaban J connectivity index is 2.66. The standard InChI is InChI=1S/C7H10F3NO2/c8-7(9,10)4-3-6(13)11-5(4)1-2-12/h4-5,12H,1-3H2,(H,11,13). The van der Waals surface area contributed by atoms with Crippen molar-refractivity contribution in [3.05, 3.63) is 0 Å². The van der Waals surface area contributed by atoms with Gasteiger partial charge in [-0.15, -0.1) is 0 Å². The molecule has 0 aliphatic carbocycles. The van der Waals surface area contributed by atoms with Gasteiger partial charge in [0.15, 0.2) is 0 Å². The molecule has 1 saturated heterocycles. The second-order valence-electron chi connectivity index (χ2n) is 3.04. The van der Waals surface area contributed by atoms with Gasteiger partial charge in [-0.1, -0.05) is 0 Å². The third kappa shape index (κ3) is 2.33. The minimum Gasteiger partial charge on any atom is -0.396 e. The average Bonchev–Trinajstić information content (AvgIpc) is 2.30. The van der Waals surface area contributed by atoms with Gasteiger partial charge < -0.3 is 10.4 Å². The van der Waals surface area contributed by atoms with Crippen LogP contribution in [-0.2, 0) is 4.79 Å². The number of halogens is 3. The van der Waals surface area contributed by atoms with E-state index in [1.807, 2.05) is 0 Å². The van der Waals surface area contributed by atoms with Crippen LogP contribution in [0.25, 0.3) is 0 Å². The first-order valence-corrected chi connectivity index (χ1v) is 3.92. The summed E-state index contributed by atoms with van der Waals surface area (Å²) in [5, 5.41) is 10.7. The van der Waals surface area contributed by atoms with Crippen LogP contribution in [0.15, 0.2) is 0 Å². The summed E-state index contributed by atoms with van der Waals surface area (Å²) >= 11 is 0. The summed E-state index contributed by atoms with van der Waals surface area (Å²) in [6, 6.07) is -0.961. The van der Waals surface area contributed by atoms with Gasteiger partial charge in [-0.2, -0.15) is 13.2 Å². The predicted molar refractivity (Wildman–Crippen MR) is 37.8 cm³/mol. The first-order chi connectivity index (χ1) is 5.95. The van der Waals surface area contributed by atoms with E-state index < -0.39 is 30.5 Å². The molecule has 0 aromatic carbocycles. The molecule has 0 radical (unpaired) electrons. The Morgan fingerprint density at radius 3 is 2.62 bits per heavy atom. The summed E-state index contributed by atoms with van der Waals surface area (Å²) < 4.78 is 36.7. The van der Waals surface area contributed by atoms with Crippen LogP contribution in [0.4, 0.5) is 13.2 Å². The van der Waals surface area contributed by atoms with Gasteiger partial charge in [-0.25, -0.2) is 0 Å². The van der Waals surface area contributed by atoms with Crippen LogP contribution in [0.3, 0.4) is 0 Å². The Labute approximate surface area is 72.9 Å². The largest absolute Gasteiger partial charge is 0.396 e. The Kier molecular flexibility index (Phi) is 2.80. The van der Waals surface area contributed by atoms with Gasteiger partial charge in [0.1, 0.15) is 0 Å². The molecule has 1 fully saturated rings. The highest BCUT2D eigenvalue weighted by Crippen LogP contribution is 2.35. The van der Waals surface area contributed by atoms with E-state index in [9.17, 15) is 18.0 Å². The van der Waals surface area contributed by atoms with Crippen LogP contribution in [0, 0.1) is 5.92 Å². The second kappa shape index (κ2) is 3.53. The molecule has 0 spiro atoms. The smallest absolute Gasteiger partial charge is 0.394 e. The van der Waals surface area contributed by atoms with Crippen molar-refractivity contribution in [2.75, 3.05) is 6.61 Å². The third-order valence-electron chi connectivity index (χ3n) is 2.10. The van der Waals surface area contributed by atoms with Crippen molar-refractivity contribution in [1.82, 2.24) is 5.32 Å². The van der Waals surface area contributed by atoms with E-state index in [4.69, 9.17) is 5.11 Å². The number of alkyl halides is 3. The fourth-order valence-corrected chi connectivity index (χ4v) is 1.46. The maximum absolute atomic E-state index is 12.2. The molecule has 0 saturated carbocycles. The van der Waals surface area contributed by atoms with E-state index in [0.29, 0.717) is 0 Å². The lowest BCUT2D eigenvalue weighted by Crippen LogP contribution is -2.36. The van der Waals surface area contributed by atoms with E-state index in [1.165, 1.54) is 0 Å². The molecule has 2 N–H and O–H groups in total. The first-order valence-electron chi connectivity index (χ1n) is 3.92. The Hall–Kier alpha value is -0.780. The van der Waals surface area contributed by atoms with Gasteiger partial charge in [0.25, 0.3) is 0 Å². The molecule has 1 amide bonds. The van der Waals surface area contributed by atoms with Crippen LogP contribution >= 0.6 is 0 Å². The second-order valence-corrected chi connectivity index (χ2v) is 3.04. The van der Waals surface area contributed by atoms with Gasteiger partial charge in [0, 0.05) is 19.1 Å². The maximum atomic E-state index is 12.2. The normalized spacial score (nSPS) is 29.1. The number of hydrogen-bond acceptors (Lipinski definition) is 2. The van der Waals surface area contributed by atoms with Gasteiger partial charge in [0.2, 0.25) is 5.91 Å². The summed E-state index contributed by atoms with van der Waals surface area (Å²) in [6.45, 7) is -0.350. The van der Waals surface area contributed by atoms with Crippen LogP contribution in [-0.4, -0.2) is 29.8 Å². The van der Waals surface area contributed by atoms with Crippen molar-refractivity contribution in [3.8, 4) is 0 Å². The lowest BCUT2D eigenvalue weighted by atomic mass is 9.98. The summed E-state index contributed by atoms with van der Waals surface area (Å²) in [7, 11) is 0. The molecule has 1 aliphatic rings. The van der Waals surface area contributed by atoms with Gasteiger partial charge in [-0.3, -0.25) is 4.79 Å². The van der Waals surface area contributed by atoms with Crippen LogP contribution < -0.4 is 5.32 Å². The summed E-state index contributed by atoms with van der Waals surface area (Å²) in [4.78, 5) is 10.7. The lowest BCUT2D eigenvalue weighted by molar-refractivity contribution is -0.177. The monoisotopic (exact) mass is 197 g/mol. The van der Waals surface area contributed by atoms with Gasteiger partial charge >= 0.3 is 6.18 Å². The molecule has 13 heavy (non-hydrogen) atoms. The summed E-state index contributed by atoms with van der Waals surface area (Å²) in [5.41, 5.74) is 0. The molecule has 0 aromatic heterocycles. The van der Waals surface area contributed by atoms with Crippen molar-refractivity contribution >= 4 is 5.91 Å². The molecule has 76 valence electrons. The minimum absolute atomic E-state index is 0.0457. The Morgan fingerprint density at radius 1 is 1.54 bits per heavy atom. The van der Waals surface area contributed by atoms with E-state index in [1.54, 1.807) is 0 Å². The highest BCUT2D eigenvalue weighted by Gasteiger charge is 2.49. The van der Waals surface area contributed by atoms with E-state index >= 15 is 0 Å². The number of aliphatic hydroxyl groups is 1. The van der Waals surface area contributed by atoms with Gasteiger partial charge in [-0.05, 0) is 6.42 Å². The summed E-state index contributed by atoms with van der Waals surface area (Å²) in [6.07, 6.45) is -4.93. The van der Waals surface area contributed by atoms with Crippen molar-refractivity contribution in [3.63, 3.8) is 0 Å². The third-order valence-corrected chi connectivity index (χ3v) is 2.10. The fraction of sp³-hybridized carbons (Fsp3) is 0.857. The van der Waals surface area contributed by atoms with Crippen LogP contribution in [0.5, 0.6) is 0 Å². The minimum atomic E-state index is -4.36. The highest BCUT2D eigenvalue weighted by atomic mass is 19.4. The van der Waals surface area contributed by atoms with Gasteiger partial charge in [0.05, 0.1) is 5.92 Å². The topological polar surface area (TPSA) is 49.3 Å². The first kappa shape index (κ1) is 10.3. The molecular formula is C7H10F3NO2. The molecule has 2 atom stereocenters. The molecule has 0 bridgehead atoms. The molecule has 0 aromatic rings.